The fourth-order valence-electron chi connectivity index (χ4n) is 1.95. The summed E-state index contributed by atoms with van der Waals surface area (Å²) in [6.45, 7) is 8.20. The van der Waals surface area contributed by atoms with Crippen molar-refractivity contribution >= 4 is 0 Å². The highest BCUT2D eigenvalue weighted by Gasteiger charge is 2.11. The van der Waals surface area contributed by atoms with E-state index in [-0.39, 0.29) is 11.6 Å². The summed E-state index contributed by atoms with van der Waals surface area (Å²) in [6.07, 6.45) is 1.55. The van der Waals surface area contributed by atoms with E-state index in [1.165, 1.54) is 12.1 Å². The lowest BCUT2D eigenvalue weighted by atomic mass is 9.96. The molecule has 0 fully saturated rings. The molecule has 1 N–H and O–H groups in total. The Hall–Kier alpha value is -0.960. The molecule has 1 nitrogen and oxygen atoms in total. The van der Waals surface area contributed by atoms with Crippen LogP contribution in [-0.4, -0.2) is 13.1 Å². The molecule has 1 aromatic carbocycles. The lowest BCUT2D eigenvalue weighted by molar-refractivity contribution is 0.430. The zero-order valence-corrected chi connectivity index (χ0v) is 11.5. The van der Waals surface area contributed by atoms with Gasteiger partial charge in [0.15, 0.2) is 0 Å². The molecule has 18 heavy (non-hydrogen) atoms. The van der Waals surface area contributed by atoms with Crippen molar-refractivity contribution in [1.82, 2.24) is 5.32 Å². The molecule has 102 valence electrons. The van der Waals surface area contributed by atoms with Crippen LogP contribution in [0, 0.1) is 23.5 Å². The Morgan fingerprint density at radius 2 is 1.89 bits per heavy atom. The second-order valence-electron chi connectivity index (χ2n) is 5.27. The van der Waals surface area contributed by atoms with E-state index in [2.05, 4.69) is 26.1 Å². The van der Waals surface area contributed by atoms with Gasteiger partial charge in [0, 0.05) is 0 Å². The SMILES string of the molecule is CCC(CNCC(C)C)Cc1cc(F)ccc1F. The lowest BCUT2D eigenvalue weighted by Crippen LogP contribution is -2.27. The third-order valence-electron chi connectivity index (χ3n) is 3.08. The first-order valence-corrected chi connectivity index (χ1v) is 6.67. The highest BCUT2D eigenvalue weighted by atomic mass is 19.1. The van der Waals surface area contributed by atoms with Crippen molar-refractivity contribution < 1.29 is 8.78 Å². The van der Waals surface area contributed by atoms with Crippen LogP contribution >= 0.6 is 0 Å². The van der Waals surface area contributed by atoms with Crippen LogP contribution in [0.25, 0.3) is 0 Å². The van der Waals surface area contributed by atoms with Gasteiger partial charge < -0.3 is 5.32 Å². The molecule has 0 saturated heterocycles. The molecule has 0 bridgehead atoms. The molecule has 0 aliphatic carbocycles. The number of halogens is 2. The Morgan fingerprint density at radius 1 is 1.17 bits per heavy atom. The van der Waals surface area contributed by atoms with Gasteiger partial charge in [-0.25, -0.2) is 8.78 Å². The standard InChI is InChI=1S/C15H23F2N/c1-4-12(10-18-9-11(2)3)7-13-8-14(16)5-6-15(13)17/h5-6,8,11-12,18H,4,7,9-10H2,1-3H3. The number of benzene rings is 1. The van der Waals surface area contributed by atoms with E-state index in [0.717, 1.165) is 25.6 Å². The van der Waals surface area contributed by atoms with Gasteiger partial charge in [-0.1, -0.05) is 27.2 Å². The molecule has 1 aromatic rings. The summed E-state index contributed by atoms with van der Waals surface area (Å²) < 4.78 is 26.6. The first-order chi connectivity index (χ1) is 8.52. The smallest absolute Gasteiger partial charge is 0.126 e. The van der Waals surface area contributed by atoms with Crippen molar-refractivity contribution in [3.63, 3.8) is 0 Å². The van der Waals surface area contributed by atoms with Gasteiger partial charge in [0.2, 0.25) is 0 Å². The Labute approximate surface area is 109 Å². The molecule has 0 aliphatic heterocycles. The largest absolute Gasteiger partial charge is 0.316 e. The normalized spacial score (nSPS) is 13.0. The van der Waals surface area contributed by atoms with Crippen LogP contribution in [-0.2, 0) is 6.42 Å². The summed E-state index contributed by atoms with van der Waals surface area (Å²) in [4.78, 5) is 0. The molecule has 0 aromatic heterocycles. The molecule has 0 heterocycles. The summed E-state index contributed by atoms with van der Waals surface area (Å²) >= 11 is 0. The van der Waals surface area contributed by atoms with E-state index >= 15 is 0 Å². The minimum atomic E-state index is -0.364. The molecular formula is C15H23F2N. The number of hydrogen-bond acceptors (Lipinski definition) is 1. The van der Waals surface area contributed by atoms with E-state index in [1.807, 2.05) is 0 Å². The summed E-state index contributed by atoms with van der Waals surface area (Å²) in [7, 11) is 0. The van der Waals surface area contributed by atoms with Gasteiger partial charge in [-0.05, 0) is 55.1 Å². The lowest BCUT2D eigenvalue weighted by Gasteiger charge is -2.17. The van der Waals surface area contributed by atoms with E-state index in [1.54, 1.807) is 0 Å². The van der Waals surface area contributed by atoms with Gasteiger partial charge in [-0.15, -0.1) is 0 Å². The summed E-state index contributed by atoms with van der Waals surface area (Å²) in [5.74, 6) is 0.281. The zero-order valence-electron chi connectivity index (χ0n) is 11.5. The molecule has 0 saturated carbocycles. The maximum Gasteiger partial charge on any atom is 0.126 e. The topological polar surface area (TPSA) is 12.0 Å². The molecule has 1 atom stereocenters. The van der Waals surface area contributed by atoms with Crippen LogP contribution in [0.1, 0.15) is 32.8 Å². The predicted octanol–water partition coefficient (Wildman–Crippen LogP) is 3.78. The van der Waals surface area contributed by atoms with Crippen molar-refractivity contribution in [3.8, 4) is 0 Å². The van der Waals surface area contributed by atoms with E-state index in [9.17, 15) is 8.78 Å². The minimum Gasteiger partial charge on any atom is -0.316 e. The molecule has 1 unspecified atom stereocenters. The number of hydrogen-bond donors (Lipinski definition) is 1. The molecule has 0 spiro atoms. The van der Waals surface area contributed by atoms with Crippen molar-refractivity contribution in [2.45, 2.75) is 33.6 Å². The summed E-state index contributed by atoms with van der Waals surface area (Å²) in [5, 5.41) is 3.37. The quantitative estimate of drug-likeness (QED) is 0.782. The number of rotatable bonds is 7. The maximum absolute atomic E-state index is 13.5. The second kappa shape index (κ2) is 7.47. The summed E-state index contributed by atoms with van der Waals surface area (Å²) in [6, 6.07) is 3.68. The minimum absolute atomic E-state index is 0.307. The van der Waals surface area contributed by atoms with E-state index < -0.39 is 0 Å². The van der Waals surface area contributed by atoms with Crippen LogP contribution in [0.3, 0.4) is 0 Å². The zero-order chi connectivity index (χ0) is 13.5. The van der Waals surface area contributed by atoms with Gasteiger partial charge in [0.25, 0.3) is 0 Å². The highest BCUT2D eigenvalue weighted by Crippen LogP contribution is 2.16. The maximum atomic E-state index is 13.5. The van der Waals surface area contributed by atoms with Crippen LogP contribution in [0.5, 0.6) is 0 Å². The first kappa shape index (κ1) is 15.1. The van der Waals surface area contributed by atoms with E-state index in [4.69, 9.17) is 0 Å². The fourth-order valence-corrected chi connectivity index (χ4v) is 1.95. The van der Waals surface area contributed by atoms with Crippen LogP contribution in [0.15, 0.2) is 18.2 Å². The average molecular weight is 255 g/mol. The second-order valence-corrected chi connectivity index (χ2v) is 5.27. The van der Waals surface area contributed by atoms with Gasteiger partial charge in [-0.2, -0.15) is 0 Å². The predicted molar refractivity (Wildman–Crippen MR) is 71.6 cm³/mol. The van der Waals surface area contributed by atoms with Crippen LogP contribution in [0.4, 0.5) is 8.78 Å². The van der Waals surface area contributed by atoms with Gasteiger partial charge >= 0.3 is 0 Å². The van der Waals surface area contributed by atoms with Gasteiger partial charge in [0.1, 0.15) is 11.6 Å². The third-order valence-corrected chi connectivity index (χ3v) is 3.08. The van der Waals surface area contributed by atoms with Crippen molar-refractivity contribution in [2.24, 2.45) is 11.8 Å². The van der Waals surface area contributed by atoms with Gasteiger partial charge in [0.05, 0.1) is 0 Å². The molecule has 0 aliphatic rings. The Kier molecular flexibility index (Phi) is 6.27. The first-order valence-electron chi connectivity index (χ1n) is 6.67. The molecule has 1 rings (SSSR count). The average Bonchev–Trinajstić information content (AvgIpc) is 2.32. The van der Waals surface area contributed by atoms with E-state index in [0.29, 0.717) is 23.8 Å². The highest BCUT2D eigenvalue weighted by molar-refractivity contribution is 5.19. The van der Waals surface area contributed by atoms with Crippen LogP contribution in [0.2, 0.25) is 0 Å². The molecule has 0 radical (unpaired) electrons. The van der Waals surface area contributed by atoms with Crippen LogP contribution < -0.4 is 5.32 Å². The van der Waals surface area contributed by atoms with Crippen molar-refractivity contribution in [2.75, 3.05) is 13.1 Å². The number of nitrogens with one attached hydrogen (secondary N) is 1. The van der Waals surface area contributed by atoms with Crippen molar-refractivity contribution in [1.29, 1.82) is 0 Å². The molecule has 0 amide bonds. The summed E-state index contributed by atoms with van der Waals surface area (Å²) in [5.41, 5.74) is 0.480. The Morgan fingerprint density at radius 3 is 2.50 bits per heavy atom. The monoisotopic (exact) mass is 255 g/mol. The molecular weight excluding hydrogens is 232 g/mol. The Bertz CT molecular complexity index is 364. The fraction of sp³-hybridized carbons (Fsp3) is 0.600. The van der Waals surface area contributed by atoms with Gasteiger partial charge in [-0.3, -0.25) is 0 Å². The Balaban J connectivity index is 2.54. The van der Waals surface area contributed by atoms with Crippen molar-refractivity contribution in [3.05, 3.63) is 35.4 Å². The third kappa shape index (κ3) is 5.13. The molecule has 3 heteroatoms.